The summed E-state index contributed by atoms with van der Waals surface area (Å²) in [6.07, 6.45) is 1.07. The van der Waals surface area contributed by atoms with Gasteiger partial charge in [0, 0.05) is 19.2 Å². The van der Waals surface area contributed by atoms with E-state index in [-0.39, 0.29) is 0 Å². The van der Waals surface area contributed by atoms with Gasteiger partial charge in [-0.2, -0.15) is 0 Å². The number of nitrogens with zero attached hydrogens (tertiary/aromatic N) is 1. The molecule has 5 nitrogen and oxygen atoms in total. The lowest BCUT2D eigenvalue weighted by Gasteiger charge is -2.16. The highest BCUT2D eigenvalue weighted by atomic mass is 16.5. The van der Waals surface area contributed by atoms with Crippen LogP contribution in [0, 0.1) is 0 Å². The molecule has 0 aliphatic carbocycles. The maximum absolute atomic E-state index is 5.62. The Morgan fingerprint density at radius 3 is 2.58 bits per heavy atom. The topological polar surface area (TPSA) is 54.9 Å². The molecule has 0 aliphatic heterocycles. The van der Waals surface area contributed by atoms with Crippen molar-refractivity contribution in [1.82, 2.24) is 10.6 Å². The van der Waals surface area contributed by atoms with E-state index in [1.54, 1.807) is 0 Å². The Hall–Kier alpha value is -1.59. The molecule has 0 amide bonds. The predicted octanol–water partition coefficient (Wildman–Crippen LogP) is 3.09. The number of nitrogens with one attached hydrogen (secondary N) is 2. The van der Waals surface area contributed by atoms with Crippen LogP contribution in [0.1, 0.15) is 45.2 Å². The minimum absolute atomic E-state index is 0.410. The fourth-order valence-corrected chi connectivity index (χ4v) is 2.10. The lowest BCUT2D eigenvalue weighted by atomic mass is 10.1. The first-order valence-electron chi connectivity index (χ1n) is 8.97. The maximum Gasteiger partial charge on any atom is 0.191 e. The van der Waals surface area contributed by atoms with Gasteiger partial charge in [0.05, 0.1) is 26.4 Å². The highest BCUT2D eigenvalue weighted by Gasteiger charge is 2.03. The molecule has 1 aromatic carbocycles. The van der Waals surface area contributed by atoms with Gasteiger partial charge in [-0.05, 0) is 38.3 Å². The summed E-state index contributed by atoms with van der Waals surface area (Å²) in [7, 11) is 0. The van der Waals surface area contributed by atoms with E-state index in [1.807, 2.05) is 6.92 Å². The lowest BCUT2D eigenvalue weighted by molar-refractivity contribution is 0.0453. The van der Waals surface area contributed by atoms with E-state index in [4.69, 9.17) is 9.47 Å². The molecular formula is C19H33N3O2. The number of aliphatic imine (C=N–C) groups is 1. The van der Waals surface area contributed by atoms with Crippen LogP contribution < -0.4 is 10.6 Å². The Bertz CT molecular complexity index is 477. The summed E-state index contributed by atoms with van der Waals surface area (Å²) in [6, 6.07) is 8.79. The van der Waals surface area contributed by atoms with Crippen molar-refractivity contribution in [2.45, 2.75) is 53.3 Å². The SMILES string of the molecule is CCNC(=NCc1cccc(COCCOCC)c1)NC(C)CC. The number of rotatable bonds is 11. The second-order valence-electron chi connectivity index (χ2n) is 5.72. The van der Waals surface area contributed by atoms with Crippen LogP contribution >= 0.6 is 0 Å². The van der Waals surface area contributed by atoms with Crippen LogP contribution in [-0.2, 0) is 22.6 Å². The highest BCUT2D eigenvalue weighted by Crippen LogP contribution is 2.08. The molecule has 0 saturated heterocycles. The standard InChI is InChI=1S/C19H33N3O2/c1-5-16(4)22-19(20-6-2)21-14-17-9-8-10-18(13-17)15-24-12-11-23-7-3/h8-10,13,16H,5-7,11-12,14-15H2,1-4H3,(H2,20,21,22). The summed E-state index contributed by atoms with van der Waals surface area (Å²) < 4.78 is 10.9. The average molecular weight is 335 g/mol. The molecule has 136 valence electrons. The lowest BCUT2D eigenvalue weighted by Crippen LogP contribution is -2.41. The van der Waals surface area contributed by atoms with Gasteiger partial charge in [-0.1, -0.05) is 31.2 Å². The fraction of sp³-hybridized carbons (Fsp3) is 0.632. The summed E-state index contributed by atoms with van der Waals surface area (Å²) in [5.74, 6) is 0.866. The molecule has 1 rings (SSSR count). The van der Waals surface area contributed by atoms with Gasteiger partial charge >= 0.3 is 0 Å². The molecule has 0 heterocycles. The number of hydrogen-bond acceptors (Lipinski definition) is 3. The van der Waals surface area contributed by atoms with Crippen molar-refractivity contribution >= 4 is 5.96 Å². The van der Waals surface area contributed by atoms with Gasteiger partial charge in [0.25, 0.3) is 0 Å². The molecular weight excluding hydrogens is 302 g/mol. The Labute approximate surface area is 146 Å². The zero-order valence-corrected chi connectivity index (χ0v) is 15.6. The zero-order chi connectivity index (χ0) is 17.6. The number of guanidine groups is 1. The van der Waals surface area contributed by atoms with Crippen LogP contribution in [0.4, 0.5) is 0 Å². The molecule has 0 spiro atoms. The van der Waals surface area contributed by atoms with Crippen molar-refractivity contribution in [3.63, 3.8) is 0 Å². The van der Waals surface area contributed by atoms with Crippen molar-refractivity contribution in [3.8, 4) is 0 Å². The third-order valence-electron chi connectivity index (χ3n) is 3.60. The van der Waals surface area contributed by atoms with Crippen molar-refractivity contribution in [2.24, 2.45) is 4.99 Å². The van der Waals surface area contributed by atoms with E-state index in [0.29, 0.717) is 32.4 Å². The van der Waals surface area contributed by atoms with Crippen LogP contribution in [0.15, 0.2) is 29.3 Å². The van der Waals surface area contributed by atoms with E-state index in [0.717, 1.165) is 25.5 Å². The summed E-state index contributed by atoms with van der Waals surface area (Å²) in [6.45, 7) is 12.5. The summed E-state index contributed by atoms with van der Waals surface area (Å²) in [5.41, 5.74) is 2.35. The molecule has 0 saturated carbocycles. The molecule has 0 aromatic heterocycles. The Morgan fingerprint density at radius 2 is 1.88 bits per heavy atom. The Kier molecular flexibility index (Phi) is 10.9. The van der Waals surface area contributed by atoms with Gasteiger partial charge in [0.2, 0.25) is 0 Å². The van der Waals surface area contributed by atoms with Gasteiger partial charge in [0.1, 0.15) is 0 Å². The summed E-state index contributed by atoms with van der Waals surface area (Å²) in [4.78, 5) is 4.67. The molecule has 2 N–H and O–H groups in total. The highest BCUT2D eigenvalue weighted by molar-refractivity contribution is 5.80. The number of benzene rings is 1. The van der Waals surface area contributed by atoms with E-state index in [9.17, 15) is 0 Å². The van der Waals surface area contributed by atoms with Crippen LogP contribution in [-0.4, -0.2) is 38.4 Å². The Morgan fingerprint density at radius 1 is 1.12 bits per heavy atom. The predicted molar refractivity (Wildman–Crippen MR) is 100 cm³/mol. The van der Waals surface area contributed by atoms with Gasteiger partial charge in [0.15, 0.2) is 5.96 Å². The molecule has 0 fully saturated rings. The van der Waals surface area contributed by atoms with Crippen LogP contribution in [0.2, 0.25) is 0 Å². The van der Waals surface area contributed by atoms with Crippen molar-refractivity contribution in [2.75, 3.05) is 26.4 Å². The Balaban J connectivity index is 2.53. The van der Waals surface area contributed by atoms with Gasteiger partial charge < -0.3 is 20.1 Å². The van der Waals surface area contributed by atoms with Gasteiger partial charge in [-0.25, -0.2) is 4.99 Å². The third kappa shape index (κ3) is 8.89. The molecule has 24 heavy (non-hydrogen) atoms. The molecule has 1 atom stereocenters. The first-order valence-corrected chi connectivity index (χ1v) is 8.97. The van der Waals surface area contributed by atoms with Crippen molar-refractivity contribution < 1.29 is 9.47 Å². The molecule has 0 aliphatic rings. The minimum atomic E-state index is 0.410. The first kappa shape index (κ1) is 20.5. The van der Waals surface area contributed by atoms with E-state index in [1.165, 1.54) is 11.1 Å². The molecule has 0 bridgehead atoms. The summed E-state index contributed by atoms with van der Waals surface area (Å²) in [5, 5.41) is 6.69. The molecule has 0 radical (unpaired) electrons. The second-order valence-corrected chi connectivity index (χ2v) is 5.72. The summed E-state index contributed by atoms with van der Waals surface area (Å²) >= 11 is 0. The number of hydrogen-bond donors (Lipinski definition) is 2. The fourth-order valence-electron chi connectivity index (χ4n) is 2.10. The van der Waals surface area contributed by atoms with E-state index < -0.39 is 0 Å². The smallest absolute Gasteiger partial charge is 0.191 e. The van der Waals surface area contributed by atoms with Gasteiger partial charge in [-0.15, -0.1) is 0 Å². The minimum Gasteiger partial charge on any atom is -0.379 e. The molecule has 5 heteroatoms. The second kappa shape index (κ2) is 12.8. The van der Waals surface area contributed by atoms with Gasteiger partial charge in [-0.3, -0.25) is 0 Å². The van der Waals surface area contributed by atoms with Crippen LogP contribution in [0.5, 0.6) is 0 Å². The first-order chi connectivity index (χ1) is 11.7. The number of ether oxygens (including phenoxy) is 2. The zero-order valence-electron chi connectivity index (χ0n) is 15.6. The monoisotopic (exact) mass is 335 g/mol. The van der Waals surface area contributed by atoms with Crippen LogP contribution in [0.25, 0.3) is 0 Å². The average Bonchev–Trinajstić information content (AvgIpc) is 2.60. The normalized spacial score (nSPS) is 12.9. The largest absolute Gasteiger partial charge is 0.379 e. The van der Waals surface area contributed by atoms with Crippen LogP contribution in [0.3, 0.4) is 0 Å². The van der Waals surface area contributed by atoms with Crippen molar-refractivity contribution in [3.05, 3.63) is 35.4 Å². The molecule has 1 aromatic rings. The van der Waals surface area contributed by atoms with E-state index in [2.05, 4.69) is 60.7 Å². The maximum atomic E-state index is 5.62. The quantitative estimate of drug-likeness (QED) is 0.371. The van der Waals surface area contributed by atoms with Crippen molar-refractivity contribution in [1.29, 1.82) is 0 Å². The van der Waals surface area contributed by atoms with E-state index >= 15 is 0 Å². The molecule has 1 unspecified atom stereocenters. The third-order valence-corrected chi connectivity index (χ3v) is 3.60.